The Labute approximate surface area is 149 Å². The number of carboxylic acids is 1. The molecule has 1 aliphatic rings. The molecule has 0 aromatic carbocycles. The van der Waals surface area contributed by atoms with Gasteiger partial charge in [0.05, 0.1) is 42.8 Å². The van der Waals surface area contributed by atoms with Gasteiger partial charge in [-0.1, -0.05) is 0 Å². The molecule has 3 aromatic rings. The predicted octanol–water partition coefficient (Wildman–Crippen LogP) is 1.40. The van der Waals surface area contributed by atoms with Crippen LogP contribution in [0, 0.1) is 0 Å². The van der Waals surface area contributed by atoms with Crippen molar-refractivity contribution in [2.24, 2.45) is 0 Å². The minimum absolute atomic E-state index is 0.188. The molecule has 0 unspecified atom stereocenters. The summed E-state index contributed by atoms with van der Waals surface area (Å²) in [6.45, 7) is 2.77. The summed E-state index contributed by atoms with van der Waals surface area (Å²) in [7, 11) is 0. The molecular weight excluding hydrogens is 334 g/mol. The minimum Gasteiger partial charge on any atom is -0.478 e. The predicted molar refractivity (Wildman–Crippen MR) is 93.8 cm³/mol. The molecule has 26 heavy (non-hydrogen) atoms. The number of carbonyl (C=O) groups is 1. The molecule has 0 saturated carbocycles. The van der Waals surface area contributed by atoms with E-state index in [0.717, 1.165) is 30.3 Å². The van der Waals surface area contributed by atoms with Crippen LogP contribution < -0.4 is 10.2 Å². The summed E-state index contributed by atoms with van der Waals surface area (Å²) in [6, 6.07) is 5.37. The average Bonchev–Trinajstić information content (AvgIpc) is 3.09. The molecule has 9 heteroatoms. The Bertz CT molecular complexity index is 909. The smallest absolute Gasteiger partial charge is 0.337 e. The Balaban J connectivity index is 1.43. The lowest BCUT2D eigenvalue weighted by Gasteiger charge is -2.28. The highest BCUT2D eigenvalue weighted by atomic mass is 16.4. The second-order valence-corrected chi connectivity index (χ2v) is 5.93. The van der Waals surface area contributed by atoms with E-state index in [1.807, 2.05) is 4.68 Å². The van der Waals surface area contributed by atoms with Gasteiger partial charge in [-0.05, 0) is 18.2 Å². The zero-order valence-corrected chi connectivity index (χ0v) is 13.9. The molecule has 1 aliphatic heterocycles. The van der Waals surface area contributed by atoms with Crippen molar-refractivity contribution in [1.29, 1.82) is 0 Å². The number of aromatic carboxylic acids is 1. The fourth-order valence-corrected chi connectivity index (χ4v) is 2.88. The molecule has 0 fully saturated rings. The van der Waals surface area contributed by atoms with Crippen molar-refractivity contribution in [1.82, 2.24) is 24.7 Å². The summed E-state index contributed by atoms with van der Waals surface area (Å²) in [5.41, 5.74) is 2.21. The highest BCUT2D eigenvalue weighted by molar-refractivity contribution is 5.87. The second kappa shape index (κ2) is 6.79. The number of fused-ring (bicyclic) bond motifs is 1. The maximum absolute atomic E-state index is 10.9. The molecule has 3 aromatic heterocycles. The molecule has 0 amide bonds. The molecule has 0 saturated heterocycles. The maximum atomic E-state index is 10.9. The van der Waals surface area contributed by atoms with Gasteiger partial charge in [0.2, 0.25) is 0 Å². The molecule has 0 spiro atoms. The summed E-state index contributed by atoms with van der Waals surface area (Å²) in [6.07, 6.45) is 6.33. The van der Waals surface area contributed by atoms with Gasteiger partial charge in [-0.3, -0.25) is 9.67 Å². The molecule has 4 rings (SSSR count). The Hall–Kier alpha value is -3.49. The van der Waals surface area contributed by atoms with Gasteiger partial charge in [0, 0.05) is 25.1 Å². The third kappa shape index (κ3) is 3.32. The largest absolute Gasteiger partial charge is 0.478 e. The quantitative estimate of drug-likeness (QED) is 0.710. The number of hydrogen-bond acceptors (Lipinski definition) is 7. The van der Waals surface area contributed by atoms with Gasteiger partial charge < -0.3 is 15.3 Å². The van der Waals surface area contributed by atoms with Crippen molar-refractivity contribution in [3.63, 3.8) is 0 Å². The van der Waals surface area contributed by atoms with Crippen LogP contribution in [0.3, 0.4) is 0 Å². The molecule has 9 nitrogen and oxygen atoms in total. The van der Waals surface area contributed by atoms with Crippen LogP contribution in [-0.2, 0) is 19.6 Å². The van der Waals surface area contributed by atoms with Crippen molar-refractivity contribution in [2.75, 3.05) is 16.8 Å². The number of rotatable bonds is 5. The van der Waals surface area contributed by atoms with Crippen LogP contribution in [0.5, 0.6) is 0 Å². The summed E-state index contributed by atoms with van der Waals surface area (Å²) in [5, 5.41) is 16.8. The van der Waals surface area contributed by atoms with Crippen LogP contribution >= 0.6 is 0 Å². The monoisotopic (exact) mass is 351 g/mol. The number of pyridine rings is 1. The first-order valence-electron chi connectivity index (χ1n) is 8.19. The van der Waals surface area contributed by atoms with E-state index in [-0.39, 0.29) is 5.56 Å². The number of anilines is 2. The standard InChI is InChI=1S/C17H17N7O2/c25-17(26)12-1-2-16(21-8-12)23-5-6-24-14(11-23)7-13(22-24)9-20-15-10-18-3-4-19-15/h1-4,7-8,10H,5-6,9,11H2,(H,19,20)(H,25,26). The van der Waals surface area contributed by atoms with E-state index in [2.05, 4.69) is 36.3 Å². The van der Waals surface area contributed by atoms with Gasteiger partial charge in [-0.2, -0.15) is 5.10 Å². The molecule has 0 radical (unpaired) electrons. The van der Waals surface area contributed by atoms with Crippen LogP contribution in [0.4, 0.5) is 11.6 Å². The molecule has 0 aliphatic carbocycles. The lowest BCUT2D eigenvalue weighted by molar-refractivity contribution is 0.0696. The number of nitrogens with one attached hydrogen (secondary N) is 1. The van der Waals surface area contributed by atoms with Crippen molar-refractivity contribution < 1.29 is 9.90 Å². The fraction of sp³-hybridized carbons (Fsp3) is 0.235. The zero-order chi connectivity index (χ0) is 17.9. The van der Waals surface area contributed by atoms with Crippen molar-refractivity contribution in [3.8, 4) is 0 Å². The summed E-state index contributed by atoms with van der Waals surface area (Å²) in [5.74, 6) is 0.505. The number of nitrogens with zero attached hydrogens (tertiary/aromatic N) is 6. The summed E-state index contributed by atoms with van der Waals surface area (Å²) in [4.78, 5) is 25.5. The van der Waals surface area contributed by atoms with Crippen LogP contribution in [0.25, 0.3) is 0 Å². The second-order valence-electron chi connectivity index (χ2n) is 5.93. The first-order chi connectivity index (χ1) is 12.7. The van der Waals surface area contributed by atoms with E-state index in [0.29, 0.717) is 18.9 Å². The number of aromatic nitrogens is 5. The van der Waals surface area contributed by atoms with Gasteiger partial charge in [0.15, 0.2) is 0 Å². The average molecular weight is 351 g/mol. The van der Waals surface area contributed by atoms with Gasteiger partial charge >= 0.3 is 5.97 Å². The highest BCUT2D eigenvalue weighted by Crippen LogP contribution is 2.20. The van der Waals surface area contributed by atoms with Gasteiger partial charge in [0.25, 0.3) is 0 Å². The van der Waals surface area contributed by atoms with Crippen LogP contribution in [0.2, 0.25) is 0 Å². The minimum atomic E-state index is -0.971. The lowest BCUT2D eigenvalue weighted by atomic mass is 10.2. The number of hydrogen-bond donors (Lipinski definition) is 2. The van der Waals surface area contributed by atoms with Gasteiger partial charge in [-0.25, -0.2) is 14.8 Å². The van der Waals surface area contributed by atoms with E-state index in [1.165, 1.54) is 6.20 Å². The topological polar surface area (TPSA) is 109 Å². The number of carboxylic acid groups (broad SMARTS) is 1. The first kappa shape index (κ1) is 16.0. The zero-order valence-electron chi connectivity index (χ0n) is 13.9. The summed E-state index contributed by atoms with van der Waals surface area (Å²) < 4.78 is 2.00. The Morgan fingerprint density at radius 3 is 2.85 bits per heavy atom. The molecule has 132 valence electrons. The van der Waals surface area contributed by atoms with Crippen molar-refractivity contribution >= 4 is 17.6 Å². The van der Waals surface area contributed by atoms with Crippen LogP contribution in [0.15, 0.2) is 43.0 Å². The van der Waals surface area contributed by atoms with Gasteiger partial charge in [0.1, 0.15) is 11.6 Å². The van der Waals surface area contributed by atoms with E-state index >= 15 is 0 Å². The van der Waals surface area contributed by atoms with Crippen LogP contribution in [0.1, 0.15) is 21.7 Å². The fourth-order valence-electron chi connectivity index (χ4n) is 2.88. The normalized spacial score (nSPS) is 13.3. The maximum Gasteiger partial charge on any atom is 0.337 e. The van der Waals surface area contributed by atoms with E-state index in [1.54, 1.807) is 30.7 Å². The molecule has 4 heterocycles. The third-order valence-corrected chi connectivity index (χ3v) is 4.18. The third-order valence-electron chi connectivity index (χ3n) is 4.18. The van der Waals surface area contributed by atoms with E-state index < -0.39 is 5.97 Å². The van der Waals surface area contributed by atoms with E-state index in [9.17, 15) is 4.79 Å². The Morgan fingerprint density at radius 2 is 2.12 bits per heavy atom. The first-order valence-corrected chi connectivity index (χ1v) is 8.19. The Kier molecular flexibility index (Phi) is 4.18. The molecule has 0 atom stereocenters. The van der Waals surface area contributed by atoms with E-state index in [4.69, 9.17) is 5.11 Å². The SMILES string of the molecule is O=C(O)c1ccc(N2CCn3nc(CNc4cnccn4)cc3C2)nc1. The highest BCUT2D eigenvalue weighted by Gasteiger charge is 2.19. The Morgan fingerprint density at radius 1 is 1.19 bits per heavy atom. The molecule has 2 N–H and O–H groups in total. The van der Waals surface area contributed by atoms with Crippen molar-refractivity contribution in [3.05, 3.63) is 59.9 Å². The molecular formula is C17H17N7O2. The van der Waals surface area contributed by atoms with Crippen molar-refractivity contribution in [2.45, 2.75) is 19.6 Å². The van der Waals surface area contributed by atoms with Gasteiger partial charge in [-0.15, -0.1) is 0 Å². The molecule has 0 bridgehead atoms. The summed E-state index contributed by atoms with van der Waals surface area (Å²) >= 11 is 0. The van der Waals surface area contributed by atoms with Crippen LogP contribution in [-0.4, -0.2) is 42.4 Å². The lowest BCUT2D eigenvalue weighted by Crippen LogP contribution is -2.34.